The van der Waals surface area contributed by atoms with Crippen molar-refractivity contribution < 1.29 is 19.4 Å². The van der Waals surface area contributed by atoms with Crippen molar-refractivity contribution in [3.05, 3.63) is 22.7 Å². The van der Waals surface area contributed by atoms with Crippen LogP contribution in [-0.4, -0.2) is 24.8 Å². The molecule has 4 nitrogen and oxygen atoms in total. The molecule has 1 fully saturated rings. The molecule has 0 aromatic heterocycles. The number of ether oxygens (including phenoxy) is 2. The van der Waals surface area contributed by atoms with Crippen LogP contribution < -0.4 is 9.47 Å². The van der Waals surface area contributed by atoms with E-state index in [0.29, 0.717) is 24.5 Å². The molecule has 1 saturated carbocycles. The molecule has 2 unspecified atom stereocenters. The summed E-state index contributed by atoms with van der Waals surface area (Å²) in [7, 11) is 1.59. The lowest BCUT2D eigenvalue weighted by molar-refractivity contribution is -0.138. The number of carboxylic acids is 1. The van der Waals surface area contributed by atoms with E-state index in [2.05, 4.69) is 15.9 Å². The van der Waals surface area contributed by atoms with Crippen molar-refractivity contribution in [3.63, 3.8) is 0 Å². The molecule has 5 heteroatoms. The Morgan fingerprint density at radius 3 is 2.82 bits per heavy atom. The van der Waals surface area contributed by atoms with Crippen LogP contribution in [0.2, 0.25) is 0 Å². The lowest BCUT2D eigenvalue weighted by Gasteiger charge is -2.10. The summed E-state index contributed by atoms with van der Waals surface area (Å²) >= 11 is 3.39. The zero-order valence-corrected chi connectivity index (χ0v) is 10.9. The largest absolute Gasteiger partial charge is 0.495 e. The molecule has 0 aliphatic heterocycles. The summed E-state index contributed by atoms with van der Waals surface area (Å²) < 4.78 is 11.5. The number of carbonyl (C=O) groups is 1. The molecule has 1 N–H and O–H groups in total. The molecule has 92 valence electrons. The van der Waals surface area contributed by atoms with Crippen molar-refractivity contribution in [2.45, 2.75) is 6.42 Å². The summed E-state index contributed by atoms with van der Waals surface area (Å²) in [5.74, 6) is 0.543. The standard InChI is InChI=1S/C12H13BrO4/c1-16-9-3-2-4-10(11(9)13)17-6-7-5-8(7)12(14)15/h2-4,7-8H,5-6H2,1H3,(H,14,15). The van der Waals surface area contributed by atoms with Gasteiger partial charge in [0.2, 0.25) is 0 Å². The normalized spacial score (nSPS) is 22.0. The third-order valence-corrected chi connectivity index (χ3v) is 3.62. The summed E-state index contributed by atoms with van der Waals surface area (Å²) in [6, 6.07) is 5.49. The molecule has 0 radical (unpaired) electrons. The van der Waals surface area contributed by atoms with Gasteiger partial charge in [0.25, 0.3) is 0 Å². The van der Waals surface area contributed by atoms with Crippen molar-refractivity contribution in [2.24, 2.45) is 11.8 Å². The second-order valence-electron chi connectivity index (χ2n) is 4.02. The number of hydrogen-bond donors (Lipinski definition) is 1. The number of methoxy groups -OCH3 is 1. The Bertz CT molecular complexity index is 433. The van der Waals surface area contributed by atoms with Crippen LogP contribution in [0.15, 0.2) is 22.7 Å². The summed E-state index contributed by atoms with van der Waals surface area (Å²) in [6.45, 7) is 0.433. The van der Waals surface area contributed by atoms with Gasteiger partial charge in [0.05, 0.1) is 19.6 Å². The zero-order valence-electron chi connectivity index (χ0n) is 9.35. The maximum atomic E-state index is 10.7. The molecule has 1 aromatic rings. The first-order valence-electron chi connectivity index (χ1n) is 5.31. The van der Waals surface area contributed by atoms with Gasteiger partial charge in [-0.05, 0) is 34.5 Å². The van der Waals surface area contributed by atoms with E-state index in [4.69, 9.17) is 14.6 Å². The first kappa shape index (κ1) is 12.2. The topological polar surface area (TPSA) is 55.8 Å². The van der Waals surface area contributed by atoms with Crippen molar-refractivity contribution in [1.82, 2.24) is 0 Å². The van der Waals surface area contributed by atoms with Gasteiger partial charge in [0.1, 0.15) is 16.0 Å². The van der Waals surface area contributed by atoms with E-state index in [0.717, 1.165) is 4.47 Å². The lowest BCUT2D eigenvalue weighted by atomic mass is 10.3. The van der Waals surface area contributed by atoms with E-state index in [9.17, 15) is 4.79 Å². The Kier molecular flexibility index (Phi) is 3.57. The van der Waals surface area contributed by atoms with Crippen LogP contribution in [0.3, 0.4) is 0 Å². The second-order valence-corrected chi connectivity index (χ2v) is 4.82. The van der Waals surface area contributed by atoms with Crippen molar-refractivity contribution in [3.8, 4) is 11.5 Å². The molecule has 0 bridgehead atoms. The zero-order chi connectivity index (χ0) is 12.4. The first-order chi connectivity index (χ1) is 8.13. The highest BCUT2D eigenvalue weighted by molar-refractivity contribution is 9.10. The summed E-state index contributed by atoms with van der Waals surface area (Å²) in [4.78, 5) is 10.7. The van der Waals surface area contributed by atoms with E-state index in [1.807, 2.05) is 18.2 Å². The molecule has 1 aliphatic rings. The molecule has 2 rings (SSSR count). The second kappa shape index (κ2) is 4.96. The van der Waals surface area contributed by atoms with E-state index in [-0.39, 0.29) is 11.8 Å². The lowest BCUT2D eigenvalue weighted by Crippen LogP contribution is -2.06. The average Bonchev–Trinajstić information content (AvgIpc) is 3.07. The van der Waals surface area contributed by atoms with Crippen LogP contribution >= 0.6 is 15.9 Å². The van der Waals surface area contributed by atoms with Gasteiger partial charge in [-0.3, -0.25) is 4.79 Å². The molecule has 2 atom stereocenters. The van der Waals surface area contributed by atoms with Gasteiger partial charge in [0.15, 0.2) is 0 Å². The van der Waals surface area contributed by atoms with Crippen molar-refractivity contribution in [1.29, 1.82) is 0 Å². The monoisotopic (exact) mass is 300 g/mol. The predicted molar refractivity (Wildman–Crippen MR) is 65.4 cm³/mol. The van der Waals surface area contributed by atoms with E-state index < -0.39 is 5.97 Å². The summed E-state index contributed by atoms with van der Waals surface area (Å²) in [5, 5.41) is 8.77. The Balaban J connectivity index is 1.94. The highest BCUT2D eigenvalue weighted by Gasteiger charge is 2.43. The Hall–Kier alpha value is -1.23. The number of halogens is 1. The minimum Gasteiger partial charge on any atom is -0.495 e. The van der Waals surface area contributed by atoms with E-state index >= 15 is 0 Å². The van der Waals surface area contributed by atoms with E-state index in [1.165, 1.54) is 0 Å². The summed E-state index contributed by atoms with van der Waals surface area (Å²) in [5.41, 5.74) is 0. The van der Waals surface area contributed by atoms with Gasteiger partial charge < -0.3 is 14.6 Å². The van der Waals surface area contributed by atoms with Crippen LogP contribution in [0.5, 0.6) is 11.5 Å². The molecule has 0 saturated heterocycles. The van der Waals surface area contributed by atoms with Crippen LogP contribution in [0.1, 0.15) is 6.42 Å². The van der Waals surface area contributed by atoms with E-state index in [1.54, 1.807) is 7.11 Å². The van der Waals surface area contributed by atoms with Gasteiger partial charge in [-0.15, -0.1) is 0 Å². The van der Waals surface area contributed by atoms with Crippen LogP contribution in [-0.2, 0) is 4.79 Å². The van der Waals surface area contributed by atoms with Gasteiger partial charge in [0, 0.05) is 5.92 Å². The third-order valence-electron chi connectivity index (χ3n) is 2.84. The molecule has 0 heterocycles. The van der Waals surface area contributed by atoms with Gasteiger partial charge in [-0.25, -0.2) is 0 Å². The Morgan fingerprint density at radius 1 is 1.53 bits per heavy atom. The number of hydrogen-bond acceptors (Lipinski definition) is 3. The van der Waals surface area contributed by atoms with Gasteiger partial charge in [-0.2, -0.15) is 0 Å². The fourth-order valence-electron chi connectivity index (χ4n) is 1.69. The SMILES string of the molecule is COc1cccc(OCC2CC2C(=O)O)c1Br. The predicted octanol–water partition coefficient (Wildman–Crippen LogP) is 2.56. The molecule has 0 spiro atoms. The smallest absolute Gasteiger partial charge is 0.306 e. The van der Waals surface area contributed by atoms with Crippen LogP contribution in [0.25, 0.3) is 0 Å². The number of rotatable bonds is 5. The molecular weight excluding hydrogens is 288 g/mol. The third kappa shape index (κ3) is 2.72. The molecule has 17 heavy (non-hydrogen) atoms. The van der Waals surface area contributed by atoms with Gasteiger partial charge in [-0.1, -0.05) is 6.07 Å². The number of carboxylic acid groups (broad SMARTS) is 1. The number of aliphatic carboxylic acids is 1. The minimum atomic E-state index is -0.733. The molecule has 1 aromatic carbocycles. The Labute approximate surface area is 108 Å². The Morgan fingerprint density at radius 2 is 2.24 bits per heavy atom. The fraction of sp³-hybridized carbons (Fsp3) is 0.417. The molecule has 1 aliphatic carbocycles. The summed E-state index contributed by atoms with van der Waals surface area (Å²) in [6.07, 6.45) is 0.705. The average molecular weight is 301 g/mol. The molecule has 0 amide bonds. The maximum Gasteiger partial charge on any atom is 0.306 e. The van der Waals surface area contributed by atoms with Crippen LogP contribution in [0.4, 0.5) is 0 Å². The number of benzene rings is 1. The molecular formula is C12H13BrO4. The first-order valence-corrected chi connectivity index (χ1v) is 6.11. The van der Waals surface area contributed by atoms with Crippen LogP contribution in [0, 0.1) is 11.8 Å². The van der Waals surface area contributed by atoms with Gasteiger partial charge >= 0.3 is 5.97 Å². The van der Waals surface area contributed by atoms with Crippen molar-refractivity contribution in [2.75, 3.05) is 13.7 Å². The fourth-order valence-corrected chi connectivity index (χ4v) is 2.23. The highest BCUT2D eigenvalue weighted by atomic mass is 79.9. The quantitative estimate of drug-likeness (QED) is 0.908. The van der Waals surface area contributed by atoms with Crippen molar-refractivity contribution >= 4 is 21.9 Å². The minimum absolute atomic E-state index is 0.130. The maximum absolute atomic E-state index is 10.7. The highest BCUT2D eigenvalue weighted by Crippen LogP contribution is 2.40.